The van der Waals surface area contributed by atoms with Crippen LogP contribution in [0.25, 0.3) is 0 Å². The van der Waals surface area contributed by atoms with Gasteiger partial charge in [0.15, 0.2) is 0 Å². The monoisotopic (exact) mass is 328 g/mol. The fourth-order valence-electron chi connectivity index (χ4n) is 2.13. The average molecular weight is 329 g/mol. The lowest BCUT2D eigenvalue weighted by molar-refractivity contribution is -0.127. The first-order valence-electron chi connectivity index (χ1n) is 6.66. The lowest BCUT2D eigenvalue weighted by Crippen LogP contribution is -2.55. The van der Waals surface area contributed by atoms with Crippen LogP contribution in [0.4, 0.5) is 0 Å². The predicted octanol–water partition coefficient (Wildman–Crippen LogP) is 0.247. The third-order valence-electron chi connectivity index (χ3n) is 3.33. The quantitative estimate of drug-likeness (QED) is 0.653. The van der Waals surface area contributed by atoms with Crippen molar-refractivity contribution in [3.05, 3.63) is 0 Å². The molecule has 0 bridgehead atoms. The number of ether oxygens (including phenoxy) is 1. The molecule has 3 N–H and O–H groups in total. The number of carbonyl (C=O) groups excluding carboxylic acids is 1. The van der Waals surface area contributed by atoms with E-state index in [1.165, 1.54) is 6.26 Å². The van der Waals surface area contributed by atoms with Gasteiger partial charge in [-0.15, -0.1) is 12.4 Å². The lowest BCUT2D eigenvalue weighted by atomic mass is 9.82. The summed E-state index contributed by atoms with van der Waals surface area (Å²) in [6, 6.07) is 0. The third-order valence-corrected chi connectivity index (χ3v) is 4.24. The highest BCUT2D eigenvalue weighted by Crippen LogP contribution is 2.25. The maximum atomic E-state index is 11.9. The van der Waals surface area contributed by atoms with Gasteiger partial charge in [-0.2, -0.15) is 0 Å². The summed E-state index contributed by atoms with van der Waals surface area (Å²) >= 11 is 0. The van der Waals surface area contributed by atoms with Crippen molar-refractivity contribution >= 4 is 28.2 Å². The Labute approximate surface area is 127 Å². The smallest absolute Gasteiger partial charge is 0.240 e. The fourth-order valence-corrected chi connectivity index (χ4v) is 2.56. The summed E-state index contributed by atoms with van der Waals surface area (Å²) in [7, 11) is -2.99. The van der Waals surface area contributed by atoms with Crippen LogP contribution >= 0.6 is 12.4 Å². The zero-order chi connectivity index (χ0) is 14.4. The van der Waals surface area contributed by atoms with Crippen LogP contribution in [0.2, 0.25) is 0 Å². The molecule has 1 aliphatic carbocycles. The van der Waals surface area contributed by atoms with Crippen LogP contribution in [0.5, 0.6) is 0 Å². The maximum absolute atomic E-state index is 11.9. The Kier molecular flexibility index (Phi) is 8.65. The second kappa shape index (κ2) is 8.81. The number of nitrogens with two attached hydrogens (primary N) is 1. The number of sulfone groups is 1. The number of halogens is 1. The van der Waals surface area contributed by atoms with E-state index in [0.717, 1.165) is 32.1 Å². The Bertz CT molecular complexity index is 394. The first-order valence-corrected chi connectivity index (χ1v) is 8.72. The van der Waals surface area contributed by atoms with E-state index in [1.54, 1.807) is 0 Å². The SMILES string of the molecule is CS(=O)(=O)CCOCCNC(=O)C1(N)CCCCC1.Cl. The van der Waals surface area contributed by atoms with Crippen molar-refractivity contribution in [3.63, 3.8) is 0 Å². The summed E-state index contributed by atoms with van der Waals surface area (Å²) < 4.78 is 26.9. The Morgan fingerprint density at radius 2 is 1.85 bits per heavy atom. The third kappa shape index (κ3) is 7.42. The van der Waals surface area contributed by atoms with E-state index in [2.05, 4.69) is 5.32 Å². The van der Waals surface area contributed by atoms with E-state index in [-0.39, 0.29) is 30.7 Å². The Morgan fingerprint density at radius 3 is 2.40 bits per heavy atom. The lowest BCUT2D eigenvalue weighted by Gasteiger charge is -2.31. The molecular formula is C12H25ClN2O4S. The largest absolute Gasteiger partial charge is 0.379 e. The van der Waals surface area contributed by atoms with Crippen LogP contribution < -0.4 is 11.1 Å². The van der Waals surface area contributed by atoms with Crippen molar-refractivity contribution in [1.82, 2.24) is 5.32 Å². The Morgan fingerprint density at radius 1 is 1.25 bits per heavy atom. The fraction of sp³-hybridized carbons (Fsp3) is 0.917. The van der Waals surface area contributed by atoms with Crippen molar-refractivity contribution < 1.29 is 17.9 Å². The summed E-state index contributed by atoms with van der Waals surface area (Å²) in [6.45, 7) is 0.821. The van der Waals surface area contributed by atoms with Crippen molar-refractivity contribution in [2.75, 3.05) is 31.8 Å². The minimum atomic E-state index is -2.99. The molecule has 1 amide bonds. The highest BCUT2D eigenvalue weighted by atomic mass is 35.5. The van der Waals surface area contributed by atoms with Gasteiger partial charge < -0.3 is 15.8 Å². The van der Waals surface area contributed by atoms with Crippen LogP contribution in [0, 0.1) is 0 Å². The second-order valence-electron chi connectivity index (χ2n) is 5.21. The van der Waals surface area contributed by atoms with E-state index < -0.39 is 15.4 Å². The summed E-state index contributed by atoms with van der Waals surface area (Å²) in [4.78, 5) is 11.9. The van der Waals surface area contributed by atoms with Gasteiger partial charge in [0, 0.05) is 12.8 Å². The van der Waals surface area contributed by atoms with Gasteiger partial charge >= 0.3 is 0 Å². The molecule has 1 fully saturated rings. The molecule has 1 saturated carbocycles. The Balaban J connectivity index is 0.00000361. The molecule has 0 aromatic carbocycles. The van der Waals surface area contributed by atoms with Gasteiger partial charge in [-0.3, -0.25) is 4.79 Å². The van der Waals surface area contributed by atoms with Crippen molar-refractivity contribution in [2.45, 2.75) is 37.6 Å². The molecule has 8 heteroatoms. The zero-order valence-corrected chi connectivity index (χ0v) is 13.5. The highest BCUT2D eigenvalue weighted by Gasteiger charge is 2.34. The van der Waals surface area contributed by atoms with Crippen LogP contribution in [0.1, 0.15) is 32.1 Å². The van der Waals surface area contributed by atoms with E-state index in [0.29, 0.717) is 13.2 Å². The van der Waals surface area contributed by atoms with Gasteiger partial charge in [-0.05, 0) is 12.8 Å². The highest BCUT2D eigenvalue weighted by molar-refractivity contribution is 7.90. The zero-order valence-electron chi connectivity index (χ0n) is 11.9. The van der Waals surface area contributed by atoms with Crippen LogP contribution in [-0.2, 0) is 19.4 Å². The van der Waals surface area contributed by atoms with Gasteiger partial charge in [0.05, 0.1) is 24.5 Å². The summed E-state index contributed by atoms with van der Waals surface area (Å²) in [5.74, 6) is -0.124. The summed E-state index contributed by atoms with van der Waals surface area (Å²) in [5, 5.41) is 2.75. The van der Waals surface area contributed by atoms with Gasteiger partial charge in [0.2, 0.25) is 5.91 Å². The number of hydrogen-bond acceptors (Lipinski definition) is 5. The molecule has 1 rings (SSSR count). The van der Waals surface area contributed by atoms with E-state index in [9.17, 15) is 13.2 Å². The first kappa shape index (κ1) is 19.6. The van der Waals surface area contributed by atoms with Gasteiger partial charge in [0.1, 0.15) is 9.84 Å². The number of amides is 1. The van der Waals surface area contributed by atoms with Crippen molar-refractivity contribution in [2.24, 2.45) is 5.73 Å². The number of hydrogen-bond donors (Lipinski definition) is 2. The van der Waals surface area contributed by atoms with Gasteiger partial charge in [-0.25, -0.2) is 8.42 Å². The predicted molar refractivity (Wildman–Crippen MR) is 80.8 cm³/mol. The maximum Gasteiger partial charge on any atom is 0.240 e. The average Bonchev–Trinajstić information content (AvgIpc) is 2.33. The molecule has 0 aliphatic heterocycles. The molecule has 0 aromatic heterocycles. The molecule has 1 aliphatic rings. The molecule has 0 aromatic rings. The van der Waals surface area contributed by atoms with Crippen molar-refractivity contribution in [1.29, 1.82) is 0 Å². The molecule has 120 valence electrons. The van der Waals surface area contributed by atoms with Crippen LogP contribution in [0.3, 0.4) is 0 Å². The normalized spacial score (nSPS) is 18.1. The van der Waals surface area contributed by atoms with E-state index >= 15 is 0 Å². The minimum absolute atomic E-state index is 0. The van der Waals surface area contributed by atoms with Gasteiger partial charge in [0.25, 0.3) is 0 Å². The molecule has 0 atom stereocenters. The molecule has 0 radical (unpaired) electrons. The molecule has 0 spiro atoms. The van der Waals surface area contributed by atoms with E-state index in [1.807, 2.05) is 0 Å². The van der Waals surface area contributed by atoms with Crippen molar-refractivity contribution in [3.8, 4) is 0 Å². The molecule has 0 unspecified atom stereocenters. The van der Waals surface area contributed by atoms with Crippen LogP contribution in [0.15, 0.2) is 0 Å². The standard InChI is InChI=1S/C12H24N2O4S.ClH/c1-19(16,17)10-9-18-8-7-14-11(15)12(13)5-3-2-4-6-12;/h2-10,13H2,1H3,(H,14,15);1H. The molecule has 0 saturated heterocycles. The second-order valence-corrected chi connectivity index (χ2v) is 7.47. The first-order chi connectivity index (χ1) is 8.83. The number of nitrogens with one attached hydrogen (secondary N) is 1. The molecule has 0 heterocycles. The topological polar surface area (TPSA) is 98.5 Å². The number of carbonyl (C=O) groups is 1. The molecular weight excluding hydrogens is 304 g/mol. The van der Waals surface area contributed by atoms with Gasteiger partial charge in [-0.1, -0.05) is 19.3 Å². The van der Waals surface area contributed by atoms with Crippen LogP contribution in [-0.4, -0.2) is 51.6 Å². The minimum Gasteiger partial charge on any atom is -0.379 e. The Hall–Kier alpha value is -0.370. The molecule has 20 heavy (non-hydrogen) atoms. The summed E-state index contributed by atoms with van der Waals surface area (Å²) in [6.07, 6.45) is 5.76. The number of rotatable bonds is 7. The summed E-state index contributed by atoms with van der Waals surface area (Å²) in [5.41, 5.74) is 5.34. The molecule has 6 nitrogen and oxygen atoms in total. The van der Waals surface area contributed by atoms with E-state index in [4.69, 9.17) is 10.5 Å².